The van der Waals surface area contributed by atoms with Crippen molar-refractivity contribution in [2.45, 2.75) is 9.79 Å². The molecule has 0 bridgehead atoms. The van der Waals surface area contributed by atoms with Gasteiger partial charge in [0, 0.05) is 27.9 Å². The summed E-state index contributed by atoms with van der Waals surface area (Å²) < 4.78 is 66.1. The SMILES string of the molecule is C=C/C=C(\C=C)Nc1ccc2c(O)cc(S(=O)(=O)O)cc2c1N=Nc1cccc2ccc(S(=O)(=O)O)cc12. The molecule has 12 heteroatoms. The second kappa shape index (κ2) is 10.2. The number of phenols is 1. The molecule has 194 valence electrons. The van der Waals surface area contributed by atoms with E-state index < -0.39 is 30.9 Å². The first-order valence-electron chi connectivity index (χ1n) is 10.8. The monoisotopic (exact) mass is 551 g/mol. The Morgan fingerprint density at radius 3 is 2.18 bits per heavy atom. The van der Waals surface area contributed by atoms with Crippen molar-refractivity contribution in [1.29, 1.82) is 0 Å². The van der Waals surface area contributed by atoms with Crippen LogP contribution in [0.4, 0.5) is 17.1 Å². The molecule has 0 saturated carbocycles. The number of phenolic OH excluding ortho intramolecular Hbond substituents is 1. The zero-order chi connectivity index (χ0) is 27.7. The van der Waals surface area contributed by atoms with Gasteiger partial charge in [-0.15, -0.1) is 10.2 Å². The van der Waals surface area contributed by atoms with Crippen LogP contribution in [0.1, 0.15) is 0 Å². The lowest BCUT2D eigenvalue weighted by molar-refractivity contribution is 0.471. The normalized spacial score (nSPS) is 12.7. The topological polar surface area (TPSA) is 166 Å². The molecule has 10 nitrogen and oxygen atoms in total. The number of nitrogens with one attached hydrogen (secondary N) is 1. The molecule has 0 spiro atoms. The zero-order valence-electron chi connectivity index (χ0n) is 19.6. The summed E-state index contributed by atoms with van der Waals surface area (Å²) in [5.41, 5.74) is 1.22. The van der Waals surface area contributed by atoms with E-state index in [0.717, 1.165) is 12.1 Å². The number of nitrogens with zero attached hydrogens (tertiary/aromatic N) is 2. The van der Waals surface area contributed by atoms with E-state index in [1.54, 1.807) is 30.3 Å². The molecule has 38 heavy (non-hydrogen) atoms. The van der Waals surface area contributed by atoms with Crippen molar-refractivity contribution in [3.8, 4) is 5.75 Å². The van der Waals surface area contributed by atoms with Crippen LogP contribution >= 0.6 is 0 Å². The number of azo groups is 1. The lowest BCUT2D eigenvalue weighted by Gasteiger charge is -2.13. The molecular formula is C26H21N3O7S2. The van der Waals surface area contributed by atoms with Gasteiger partial charge in [-0.05, 0) is 53.9 Å². The molecule has 0 aliphatic heterocycles. The summed E-state index contributed by atoms with van der Waals surface area (Å²) in [7, 11) is -9.14. The second-order valence-electron chi connectivity index (χ2n) is 8.00. The molecule has 0 unspecified atom stereocenters. The average molecular weight is 552 g/mol. The van der Waals surface area contributed by atoms with Crippen molar-refractivity contribution in [1.82, 2.24) is 0 Å². The fourth-order valence-corrected chi connectivity index (χ4v) is 4.80. The molecule has 0 fully saturated rings. The van der Waals surface area contributed by atoms with E-state index in [1.807, 2.05) is 0 Å². The Morgan fingerprint density at radius 2 is 1.53 bits per heavy atom. The van der Waals surface area contributed by atoms with Gasteiger partial charge in [-0.25, -0.2) is 0 Å². The second-order valence-corrected chi connectivity index (χ2v) is 10.8. The van der Waals surface area contributed by atoms with Gasteiger partial charge >= 0.3 is 0 Å². The van der Waals surface area contributed by atoms with Crippen LogP contribution in [-0.2, 0) is 20.2 Å². The van der Waals surface area contributed by atoms with Gasteiger partial charge in [0.1, 0.15) is 11.4 Å². The van der Waals surface area contributed by atoms with Crippen LogP contribution in [0.15, 0.2) is 118 Å². The molecule has 0 aliphatic carbocycles. The smallest absolute Gasteiger partial charge is 0.294 e. The molecule has 0 atom stereocenters. The molecule has 0 saturated heterocycles. The van der Waals surface area contributed by atoms with Crippen molar-refractivity contribution in [2.75, 3.05) is 5.32 Å². The fraction of sp³-hybridized carbons (Fsp3) is 0. The summed E-state index contributed by atoms with van der Waals surface area (Å²) in [4.78, 5) is -0.877. The Bertz CT molecular complexity index is 1900. The van der Waals surface area contributed by atoms with Gasteiger partial charge < -0.3 is 10.4 Å². The third-order valence-electron chi connectivity index (χ3n) is 5.54. The van der Waals surface area contributed by atoms with Gasteiger partial charge in [0.25, 0.3) is 20.2 Å². The van der Waals surface area contributed by atoms with Gasteiger partial charge in [-0.1, -0.05) is 37.4 Å². The zero-order valence-corrected chi connectivity index (χ0v) is 21.2. The van der Waals surface area contributed by atoms with Gasteiger partial charge in [0.15, 0.2) is 0 Å². The van der Waals surface area contributed by atoms with Crippen molar-refractivity contribution < 1.29 is 31.0 Å². The molecule has 0 amide bonds. The predicted octanol–water partition coefficient (Wildman–Crippen LogP) is 6.28. The van der Waals surface area contributed by atoms with Crippen LogP contribution < -0.4 is 5.32 Å². The molecular weight excluding hydrogens is 530 g/mol. The molecule has 4 aromatic carbocycles. The Labute approximate surface area is 218 Å². The van der Waals surface area contributed by atoms with Crippen LogP contribution in [0.2, 0.25) is 0 Å². The Balaban J connectivity index is 2.00. The Hall–Kier alpha value is -4.36. The van der Waals surface area contributed by atoms with Crippen molar-refractivity contribution in [2.24, 2.45) is 10.2 Å². The number of rotatable bonds is 8. The molecule has 0 radical (unpaired) electrons. The van der Waals surface area contributed by atoms with Crippen LogP contribution in [0, 0.1) is 0 Å². The summed E-state index contributed by atoms with van der Waals surface area (Å²) in [6.07, 6.45) is 4.67. The highest BCUT2D eigenvalue weighted by atomic mass is 32.2. The molecule has 0 heterocycles. The van der Waals surface area contributed by atoms with Gasteiger partial charge in [-0.2, -0.15) is 16.8 Å². The standard InChI is InChI=1S/C26H21N3O7S2/c1-3-6-17(4-2)27-24-12-11-20-22(14-19(15-25(20)30)38(34,35)36)26(24)29-28-23-8-5-7-16-9-10-18(13-21(16)23)37(31,32)33/h3-15,27,30H,1-2H2,(H,31,32,33)(H,34,35,36)/b17-6+,29-28?. The summed E-state index contributed by atoms with van der Waals surface area (Å²) >= 11 is 0. The van der Waals surface area contributed by atoms with Crippen molar-refractivity contribution >= 4 is 58.8 Å². The number of hydrogen-bond donors (Lipinski definition) is 4. The molecule has 0 aliphatic rings. The number of fused-ring (bicyclic) bond motifs is 2. The van der Waals surface area contributed by atoms with Crippen molar-refractivity contribution in [3.05, 3.63) is 97.7 Å². The number of anilines is 1. The summed E-state index contributed by atoms with van der Waals surface area (Å²) in [6, 6.07) is 14.2. The van der Waals surface area contributed by atoms with Gasteiger partial charge in [-0.3, -0.25) is 9.11 Å². The predicted molar refractivity (Wildman–Crippen MR) is 145 cm³/mol. The average Bonchev–Trinajstić information content (AvgIpc) is 2.86. The van der Waals surface area contributed by atoms with E-state index in [0.29, 0.717) is 22.2 Å². The van der Waals surface area contributed by atoms with E-state index in [1.165, 1.54) is 36.4 Å². The van der Waals surface area contributed by atoms with E-state index >= 15 is 0 Å². The molecule has 0 aromatic heterocycles. The van der Waals surface area contributed by atoms with Crippen molar-refractivity contribution in [3.63, 3.8) is 0 Å². The maximum absolute atomic E-state index is 11.8. The number of aromatic hydroxyl groups is 1. The summed E-state index contributed by atoms with van der Waals surface area (Å²) in [5.74, 6) is -0.411. The van der Waals surface area contributed by atoms with Crippen LogP contribution in [-0.4, -0.2) is 31.0 Å². The van der Waals surface area contributed by atoms with E-state index in [4.69, 9.17) is 0 Å². The largest absolute Gasteiger partial charge is 0.507 e. The third kappa shape index (κ3) is 5.48. The highest BCUT2D eigenvalue weighted by Crippen LogP contribution is 2.41. The Morgan fingerprint density at radius 1 is 0.816 bits per heavy atom. The maximum Gasteiger partial charge on any atom is 0.294 e. The number of benzene rings is 4. The maximum atomic E-state index is 11.8. The van der Waals surface area contributed by atoms with Crippen LogP contribution in [0.3, 0.4) is 0 Å². The number of hydrogen-bond acceptors (Lipinski definition) is 8. The van der Waals surface area contributed by atoms with Crippen LogP contribution in [0.25, 0.3) is 21.5 Å². The molecule has 4 rings (SSSR count). The minimum atomic E-state index is -4.67. The van der Waals surface area contributed by atoms with Gasteiger partial charge in [0.2, 0.25) is 0 Å². The first-order chi connectivity index (χ1) is 17.9. The highest BCUT2D eigenvalue weighted by molar-refractivity contribution is 7.86. The minimum Gasteiger partial charge on any atom is -0.507 e. The fourth-order valence-electron chi connectivity index (χ4n) is 3.76. The lowest BCUT2D eigenvalue weighted by atomic mass is 10.1. The lowest BCUT2D eigenvalue weighted by Crippen LogP contribution is -1.99. The quantitative estimate of drug-likeness (QED) is 0.113. The third-order valence-corrected chi connectivity index (χ3v) is 7.22. The minimum absolute atomic E-state index is 0.100. The highest BCUT2D eigenvalue weighted by Gasteiger charge is 2.18. The first kappa shape index (κ1) is 26.7. The first-order valence-corrected chi connectivity index (χ1v) is 13.7. The van der Waals surface area contributed by atoms with Crippen LogP contribution in [0.5, 0.6) is 5.75 Å². The van der Waals surface area contributed by atoms with E-state index in [-0.39, 0.29) is 27.0 Å². The van der Waals surface area contributed by atoms with E-state index in [2.05, 4.69) is 28.7 Å². The summed E-state index contributed by atoms with van der Waals surface area (Å²) in [6.45, 7) is 7.38. The Kier molecular flexibility index (Phi) is 7.16. The van der Waals surface area contributed by atoms with E-state index in [9.17, 15) is 31.0 Å². The molecule has 4 N–H and O–H groups in total. The molecule has 4 aromatic rings. The number of allylic oxidation sites excluding steroid dienone is 3. The van der Waals surface area contributed by atoms with Gasteiger partial charge in [0.05, 0.1) is 21.2 Å². The summed E-state index contributed by atoms with van der Waals surface area (Å²) in [5, 5.41) is 23.6.